The van der Waals surface area contributed by atoms with Gasteiger partial charge in [-0.3, -0.25) is 9.59 Å². The van der Waals surface area contributed by atoms with Crippen molar-refractivity contribution < 1.29 is 9.59 Å². The molecule has 2 aromatic carbocycles. The van der Waals surface area contributed by atoms with Crippen molar-refractivity contribution in [3.8, 4) is 0 Å². The van der Waals surface area contributed by atoms with Crippen molar-refractivity contribution in [1.29, 1.82) is 0 Å². The normalized spacial score (nSPS) is 19.6. The molecule has 1 saturated carbocycles. The van der Waals surface area contributed by atoms with Gasteiger partial charge in [-0.15, -0.1) is 0 Å². The Labute approximate surface area is 182 Å². The number of aryl methyl sites for hydroxylation is 2. The maximum Gasteiger partial charge on any atom is 0.253 e. The highest BCUT2D eigenvalue weighted by Crippen LogP contribution is 2.41. The van der Waals surface area contributed by atoms with Gasteiger partial charge in [0.25, 0.3) is 5.91 Å². The highest BCUT2D eigenvalue weighted by molar-refractivity contribution is 6.30. The highest BCUT2D eigenvalue weighted by atomic mass is 35.5. The minimum absolute atomic E-state index is 0.0509. The summed E-state index contributed by atoms with van der Waals surface area (Å²) in [6, 6.07) is 11.7. The van der Waals surface area contributed by atoms with E-state index in [-0.39, 0.29) is 17.7 Å². The molecule has 5 heteroatoms. The number of hydrogen-bond donors (Lipinski definition) is 1. The van der Waals surface area contributed by atoms with Crippen molar-refractivity contribution in [2.24, 2.45) is 10.9 Å². The van der Waals surface area contributed by atoms with Crippen LogP contribution in [0.1, 0.15) is 48.8 Å². The monoisotopic (exact) mass is 422 g/mol. The lowest BCUT2D eigenvalue weighted by Gasteiger charge is -2.28. The van der Waals surface area contributed by atoms with Gasteiger partial charge in [0.1, 0.15) is 0 Å². The summed E-state index contributed by atoms with van der Waals surface area (Å²) in [6.07, 6.45) is 6.34. The number of hydrogen-bond acceptors (Lipinski definition) is 2. The van der Waals surface area contributed by atoms with Crippen LogP contribution < -0.4 is 15.9 Å². The molecule has 1 N–H and O–H groups in total. The van der Waals surface area contributed by atoms with E-state index in [1.807, 2.05) is 50.3 Å². The van der Waals surface area contributed by atoms with Gasteiger partial charge in [0, 0.05) is 16.8 Å². The summed E-state index contributed by atoms with van der Waals surface area (Å²) in [6.45, 7) is 4.47. The second-order valence-corrected chi connectivity index (χ2v) is 8.96. The van der Waals surface area contributed by atoms with Crippen LogP contribution >= 0.6 is 11.6 Å². The van der Waals surface area contributed by atoms with Gasteiger partial charge in [0.05, 0.1) is 16.7 Å². The summed E-state index contributed by atoms with van der Waals surface area (Å²) < 4.78 is 0. The molecule has 2 aromatic rings. The van der Waals surface area contributed by atoms with Gasteiger partial charge in [-0.05, 0) is 61.9 Å². The van der Waals surface area contributed by atoms with Crippen molar-refractivity contribution >= 4 is 29.5 Å². The van der Waals surface area contributed by atoms with Gasteiger partial charge < -0.3 is 5.32 Å². The van der Waals surface area contributed by atoms with Gasteiger partial charge in [-0.2, -0.15) is 0 Å². The summed E-state index contributed by atoms with van der Waals surface area (Å²) in [7, 11) is 0. The lowest BCUT2D eigenvalue weighted by Crippen LogP contribution is -2.44. The third kappa shape index (κ3) is 3.81. The molecule has 0 saturated heterocycles. The van der Waals surface area contributed by atoms with Gasteiger partial charge in [0.2, 0.25) is 5.91 Å². The summed E-state index contributed by atoms with van der Waals surface area (Å²) in [5, 5.41) is 5.61. The molecule has 2 aliphatic rings. The minimum Gasteiger partial charge on any atom is -0.355 e. The van der Waals surface area contributed by atoms with E-state index in [1.165, 1.54) is 0 Å². The number of carbonyl (C=O) groups excluding carboxylic acids is 2. The topological polar surface area (TPSA) is 58.5 Å². The van der Waals surface area contributed by atoms with Crippen molar-refractivity contribution in [1.82, 2.24) is 5.32 Å². The average molecular weight is 423 g/mol. The molecule has 1 unspecified atom stereocenters. The standard InChI is InChI=1S/C25H27ClN2O2/c1-16-5-6-17(2)22-21(16)15-18(23(29)28-22)11-14-27-24(30)25(12-3-4-13-25)19-7-9-20(26)10-8-19/h5-10,15,18H,3-4,11-14H2,1-2H3,(H,27,30). The molecule has 0 spiro atoms. The fraction of sp³-hybridized carbons (Fsp3) is 0.400. The second kappa shape index (κ2) is 8.35. The SMILES string of the molecule is Cc1ccc(C)c2c1=CC(CCNC(=O)C1(c3ccc(Cl)cc3)CCCC1)C(=O)N=2. The predicted molar refractivity (Wildman–Crippen MR) is 119 cm³/mol. The van der Waals surface area contributed by atoms with E-state index in [9.17, 15) is 9.59 Å². The molecule has 0 radical (unpaired) electrons. The zero-order valence-electron chi connectivity index (χ0n) is 17.5. The molecule has 0 bridgehead atoms. The van der Waals surface area contributed by atoms with E-state index in [4.69, 9.17) is 11.6 Å². The molecule has 4 nitrogen and oxygen atoms in total. The van der Waals surface area contributed by atoms with Gasteiger partial charge in [0.15, 0.2) is 0 Å². The van der Waals surface area contributed by atoms with E-state index in [0.717, 1.165) is 52.9 Å². The van der Waals surface area contributed by atoms with Crippen molar-refractivity contribution in [2.75, 3.05) is 6.54 Å². The molecule has 4 rings (SSSR count). The molecule has 1 aliphatic heterocycles. The lowest BCUT2D eigenvalue weighted by molar-refractivity contribution is -0.127. The molecular formula is C25H27ClN2O2. The molecule has 30 heavy (non-hydrogen) atoms. The van der Waals surface area contributed by atoms with Crippen LogP contribution in [0.15, 0.2) is 41.4 Å². The lowest BCUT2D eigenvalue weighted by atomic mass is 9.78. The third-order valence-corrected chi connectivity index (χ3v) is 6.83. The average Bonchev–Trinajstić information content (AvgIpc) is 3.23. The summed E-state index contributed by atoms with van der Waals surface area (Å²) in [5.74, 6) is -0.373. The van der Waals surface area contributed by atoms with Crippen LogP contribution in [0, 0.1) is 19.8 Å². The van der Waals surface area contributed by atoms with Crippen LogP contribution in [0.5, 0.6) is 0 Å². The predicted octanol–water partition coefficient (Wildman–Crippen LogP) is 3.53. The molecule has 1 heterocycles. The van der Waals surface area contributed by atoms with Gasteiger partial charge in [-0.25, -0.2) is 4.99 Å². The molecule has 1 atom stereocenters. The number of fused-ring (bicyclic) bond motifs is 1. The fourth-order valence-electron chi connectivity index (χ4n) is 4.75. The van der Waals surface area contributed by atoms with E-state index >= 15 is 0 Å². The van der Waals surface area contributed by atoms with Crippen molar-refractivity contribution in [3.63, 3.8) is 0 Å². The number of halogens is 1. The summed E-state index contributed by atoms with van der Waals surface area (Å²) in [5.41, 5.74) is 2.67. The molecule has 1 fully saturated rings. The second-order valence-electron chi connectivity index (χ2n) is 8.53. The van der Waals surface area contributed by atoms with E-state index in [1.54, 1.807) is 0 Å². The van der Waals surface area contributed by atoms with E-state index < -0.39 is 5.41 Å². The first-order valence-electron chi connectivity index (χ1n) is 10.7. The number of rotatable bonds is 5. The summed E-state index contributed by atoms with van der Waals surface area (Å²) >= 11 is 6.04. The fourth-order valence-corrected chi connectivity index (χ4v) is 4.88. The van der Waals surface area contributed by atoms with E-state index in [0.29, 0.717) is 18.0 Å². The van der Waals surface area contributed by atoms with Gasteiger partial charge in [-0.1, -0.05) is 54.8 Å². The summed E-state index contributed by atoms with van der Waals surface area (Å²) in [4.78, 5) is 30.1. The molecule has 156 valence electrons. The molecule has 1 aliphatic carbocycles. The van der Waals surface area contributed by atoms with Crippen LogP contribution in [0.3, 0.4) is 0 Å². The maximum atomic E-state index is 13.2. The van der Waals surface area contributed by atoms with Crippen LogP contribution in [0.4, 0.5) is 0 Å². The Bertz CT molecular complexity index is 1100. The van der Waals surface area contributed by atoms with Crippen molar-refractivity contribution in [2.45, 2.75) is 51.4 Å². The van der Waals surface area contributed by atoms with Crippen LogP contribution in [-0.4, -0.2) is 18.4 Å². The first kappa shape index (κ1) is 20.8. The zero-order valence-corrected chi connectivity index (χ0v) is 18.3. The Kier molecular flexibility index (Phi) is 5.79. The number of benzene rings is 2. The Balaban J connectivity index is 1.47. The van der Waals surface area contributed by atoms with Crippen LogP contribution in [0.2, 0.25) is 5.02 Å². The quantitative estimate of drug-likeness (QED) is 0.801. The van der Waals surface area contributed by atoms with Crippen LogP contribution in [0.25, 0.3) is 6.08 Å². The van der Waals surface area contributed by atoms with Crippen LogP contribution in [-0.2, 0) is 15.0 Å². The highest BCUT2D eigenvalue weighted by Gasteiger charge is 2.42. The number of carbonyl (C=O) groups is 2. The largest absolute Gasteiger partial charge is 0.355 e. The number of nitrogens with one attached hydrogen (secondary N) is 1. The van der Waals surface area contributed by atoms with Gasteiger partial charge >= 0.3 is 0 Å². The Morgan fingerprint density at radius 2 is 1.77 bits per heavy atom. The zero-order chi connectivity index (χ0) is 21.3. The van der Waals surface area contributed by atoms with Crippen molar-refractivity contribution in [3.05, 3.63) is 68.7 Å². The first-order chi connectivity index (χ1) is 14.4. The molecule has 0 aromatic heterocycles. The van der Waals surface area contributed by atoms with E-state index in [2.05, 4.69) is 16.4 Å². The maximum absolute atomic E-state index is 13.2. The first-order valence-corrected chi connectivity index (χ1v) is 11.0. The third-order valence-electron chi connectivity index (χ3n) is 6.57. The molecular weight excluding hydrogens is 396 g/mol. The number of amides is 2. The minimum atomic E-state index is -0.491. The smallest absolute Gasteiger partial charge is 0.253 e. The Hall–Kier alpha value is -2.46. The number of nitrogens with zero attached hydrogens (tertiary/aromatic N) is 1. The molecule has 2 amide bonds. The Morgan fingerprint density at radius 1 is 1.10 bits per heavy atom. The Morgan fingerprint density at radius 3 is 2.47 bits per heavy atom.